The molecule has 0 aromatic heterocycles. The van der Waals surface area contributed by atoms with Crippen LogP contribution in [0.5, 0.6) is 5.75 Å². The number of hydrogen-bond donors (Lipinski definition) is 1. The largest absolute Gasteiger partial charge is 0.488 e. The molecule has 104 valence electrons. The van der Waals surface area contributed by atoms with Crippen LogP contribution in [-0.4, -0.2) is 11.1 Å². The molecule has 1 N–H and O–H groups in total. The monoisotopic (exact) mass is 310 g/mol. The molecule has 3 nitrogen and oxygen atoms in total. The minimum absolute atomic E-state index is 0.128. The first-order chi connectivity index (χ1) is 9.50. The number of hydrogen-bond acceptors (Lipinski definition) is 2. The van der Waals surface area contributed by atoms with Gasteiger partial charge in [-0.1, -0.05) is 47.5 Å². The maximum atomic E-state index is 11.2. The summed E-state index contributed by atoms with van der Waals surface area (Å²) in [6.45, 7) is 1.95. The lowest BCUT2D eigenvalue weighted by Crippen LogP contribution is -2.05. The number of carboxylic acid groups (broad SMARTS) is 1. The second-order valence-corrected chi connectivity index (χ2v) is 5.04. The Morgan fingerprint density at radius 3 is 2.60 bits per heavy atom. The van der Waals surface area contributed by atoms with E-state index in [0.717, 1.165) is 5.56 Å². The first kappa shape index (κ1) is 14.7. The predicted molar refractivity (Wildman–Crippen MR) is 78.9 cm³/mol. The van der Waals surface area contributed by atoms with Crippen molar-refractivity contribution in [3.8, 4) is 5.75 Å². The Morgan fingerprint density at radius 1 is 1.20 bits per heavy atom. The van der Waals surface area contributed by atoms with Crippen molar-refractivity contribution >= 4 is 29.2 Å². The van der Waals surface area contributed by atoms with Crippen molar-refractivity contribution in [2.75, 3.05) is 0 Å². The lowest BCUT2D eigenvalue weighted by Gasteiger charge is -2.13. The van der Waals surface area contributed by atoms with Crippen LogP contribution in [0.3, 0.4) is 0 Å². The minimum Gasteiger partial charge on any atom is -0.488 e. The first-order valence-corrected chi connectivity index (χ1v) is 6.65. The predicted octanol–water partition coefficient (Wildman–Crippen LogP) is 4.58. The van der Waals surface area contributed by atoms with E-state index in [4.69, 9.17) is 33.0 Å². The molecule has 0 heterocycles. The number of para-hydroxylation sites is 1. The van der Waals surface area contributed by atoms with Crippen LogP contribution < -0.4 is 4.74 Å². The molecule has 20 heavy (non-hydrogen) atoms. The summed E-state index contributed by atoms with van der Waals surface area (Å²) in [5, 5.41) is 10.0. The smallest absolute Gasteiger partial charge is 0.339 e. The van der Waals surface area contributed by atoms with E-state index < -0.39 is 5.97 Å². The summed E-state index contributed by atoms with van der Waals surface area (Å²) < 4.78 is 5.63. The van der Waals surface area contributed by atoms with E-state index in [1.54, 1.807) is 37.3 Å². The van der Waals surface area contributed by atoms with Gasteiger partial charge in [0.05, 0.1) is 10.0 Å². The van der Waals surface area contributed by atoms with Gasteiger partial charge in [0.1, 0.15) is 17.9 Å². The van der Waals surface area contributed by atoms with Crippen LogP contribution >= 0.6 is 23.2 Å². The zero-order chi connectivity index (χ0) is 14.7. The van der Waals surface area contributed by atoms with Gasteiger partial charge in [0.15, 0.2) is 0 Å². The molecule has 0 saturated carbocycles. The Labute approximate surface area is 126 Å². The summed E-state index contributed by atoms with van der Waals surface area (Å²) in [7, 11) is 0. The van der Waals surface area contributed by atoms with Gasteiger partial charge in [0.25, 0.3) is 0 Å². The van der Waals surface area contributed by atoms with E-state index >= 15 is 0 Å². The number of carboxylic acids is 1. The van der Waals surface area contributed by atoms with Crippen LogP contribution in [0.2, 0.25) is 10.0 Å². The van der Waals surface area contributed by atoms with Crippen LogP contribution in [0.15, 0.2) is 36.4 Å². The molecule has 0 aliphatic carbocycles. The van der Waals surface area contributed by atoms with Crippen molar-refractivity contribution < 1.29 is 14.6 Å². The SMILES string of the molecule is Cc1cccc(C(=O)O)c1OCc1cccc(Cl)c1Cl. The number of rotatable bonds is 4. The summed E-state index contributed by atoms with van der Waals surface area (Å²) in [4.78, 5) is 11.2. The van der Waals surface area contributed by atoms with Crippen molar-refractivity contribution in [3.63, 3.8) is 0 Å². The van der Waals surface area contributed by atoms with E-state index in [2.05, 4.69) is 0 Å². The van der Waals surface area contributed by atoms with Gasteiger partial charge in [0.2, 0.25) is 0 Å². The maximum Gasteiger partial charge on any atom is 0.339 e. The molecule has 0 unspecified atom stereocenters. The number of carbonyl (C=O) groups is 1. The fourth-order valence-electron chi connectivity index (χ4n) is 1.82. The van der Waals surface area contributed by atoms with E-state index in [1.165, 1.54) is 6.07 Å². The van der Waals surface area contributed by atoms with Gasteiger partial charge in [-0.15, -0.1) is 0 Å². The third-order valence-corrected chi connectivity index (χ3v) is 3.70. The Balaban J connectivity index is 2.27. The van der Waals surface area contributed by atoms with Crippen molar-refractivity contribution in [1.82, 2.24) is 0 Å². The molecule has 0 amide bonds. The molecule has 0 saturated heterocycles. The number of aryl methyl sites for hydroxylation is 1. The molecule has 2 aromatic rings. The van der Waals surface area contributed by atoms with Crippen molar-refractivity contribution in [2.45, 2.75) is 13.5 Å². The van der Waals surface area contributed by atoms with Gasteiger partial charge >= 0.3 is 5.97 Å². The highest BCUT2D eigenvalue weighted by molar-refractivity contribution is 6.42. The standard InChI is InChI=1S/C15H12Cl2O3/c1-9-4-2-6-11(15(18)19)14(9)20-8-10-5-3-7-12(16)13(10)17/h2-7H,8H2,1H3,(H,18,19). The second kappa shape index (κ2) is 6.16. The van der Waals surface area contributed by atoms with Crippen molar-refractivity contribution in [1.29, 1.82) is 0 Å². The Bertz CT molecular complexity index is 654. The average molecular weight is 311 g/mol. The van der Waals surface area contributed by atoms with Gasteiger partial charge in [-0.25, -0.2) is 4.79 Å². The maximum absolute atomic E-state index is 11.2. The van der Waals surface area contributed by atoms with Gasteiger partial charge in [-0.3, -0.25) is 0 Å². The molecule has 0 aliphatic heterocycles. The van der Waals surface area contributed by atoms with E-state index in [9.17, 15) is 4.79 Å². The summed E-state index contributed by atoms with van der Waals surface area (Å²) >= 11 is 12.0. The highest BCUT2D eigenvalue weighted by atomic mass is 35.5. The molecule has 0 aliphatic rings. The van der Waals surface area contributed by atoms with E-state index in [0.29, 0.717) is 21.4 Å². The average Bonchev–Trinajstić information content (AvgIpc) is 2.41. The number of aromatic carboxylic acids is 1. The first-order valence-electron chi connectivity index (χ1n) is 5.89. The molecule has 2 aromatic carbocycles. The fraction of sp³-hybridized carbons (Fsp3) is 0.133. The number of ether oxygens (including phenoxy) is 1. The zero-order valence-corrected chi connectivity index (χ0v) is 12.2. The van der Waals surface area contributed by atoms with Crippen molar-refractivity contribution in [2.24, 2.45) is 0 Å². The second-order valence-electron chi connectivity index (χ2n) is 4.26. The molecule has 0 radical (unpaired) electrons. The molecule has 2 rings (SSSR count). The fourth-order valence-corrected chi connectivity index (χ4v) is 2.20. The lowest BCUT2D eigenvalue weighted by molar-refractivity contribution is 0.0691. The van der Waals surface area contributed by atoms with E-state index in [-0.39, 0.29) is 12.2 Å². The van der Waals surface area contributed by atoms with Crippen LogP contribution in [0.25, 0.3) is 0 Å². The Morgan fingerprint density at radius 2 is 1.90 bits per heavy atom. The van der Waals surface area contributed by atoms with Crippen LogP contribution in [0.4, 0.5) is 0 Å². The minimum atomic E-state index is -1.03. The van der Waals surface area contributed by atoms with Gasteiger partial charge in [-0.2, -0.15) is 0 Å². The summed E-state index contributed by atoms with van der Waals surface area (Å²) in [6, 6.07) is 10.2. The van der Waals surface area contributed by atoms with Gasteiger partial charge in [0, 0.05) is 5.56 Å². The van der Waals surface area contributed by atoms with Gasteiger partial charge in [-0.05, 0) is 24.6 Å². The van der Waals surface area contributed by atoms with Gasteiger partial charge < -0.3 is 9.84 Å². The lowest BCUT2D eigenvalue weighted by atomic mass is 10.1. The molecule has 5 heteroatoms. The third kappa shape index (κ3) is 3.06. The molecule has 0 atom stereocenters. The summed E-state index contributed by atoms with van der Waals surface area (Å²) in [6.07, 6.45) is 0. The molecule has 0 fully saturated rings. The summed E-state index contributed by atoms with van der Waals surface area (Å²) in [5.41, 5.74) is 1.59. The normalized spacial score (nSPS) is 10.3. The summed E-state index contributed by atoms with van der Waals surface area (Å²) in [5.74, 6) is -0.683. The van der Waals surface area contributed by atoms with E-state index in [1.807, 2.05) is 0 Å². The Hall–Kier alpha value is -1.71. The Kier molecular flexibility index (Phi) is 4.53. The topological polar surface area (TPSA) is 46.5 Å². The highest BCUT2D eigenvalue weighted by Crippen LogP contribution is 2.29. The number of halogens is 2. The van der Waals surface area contributed by atoms with Crippen molar-refractivity contribution in [3.05, 3.63) is 63.1 Å². The van der Waals surface area contributed by atoms with Crippen LogP contribution in [0, 0.1) is 6.92 Å². The molecule has 0 bridgehead atoms. The zero-order valence-electron chi connectivity index (χ0n) is 10.7. The molecular weight excluding hydrogens is 299 g/mol. The molecule has 0 spiro atoms. The van der Waals surface area contributed by atoms with Crippen LogP contribution in [-0.2, 0) is 6.61 Å². The molecular formula is C15H12Cl2O3. The number of benzene rings is 2. The quantitative estimate of drug-likeness (QED) is 0.899. The third-order valence-electron chi connectivity index (χ3n) is 2.85. The highest BCUT2D eigenvalue weighted by Gasteiger charge is 2.14. The van der Waals surface area contributed by atoms with Crippen LogP contribution in [0.1, 0.15) is 21.5 Å².